The highest BCUT2D eigenvalue weighted by Crippen LogP contribution is 2.27. The van der Waals surface area contributed by atoms with Crippen molar-refractivity contribution in [2.24, 2.45) is 0 Å². The molecule has 0 bridgehead atoms. The van der Waals surface area contributed by atoms with Crippen LogP contribution in [0.1, 0.15) is 16.1 Å². The zero-order valence-corrected chi connectivity index (χ0v) is 16.3. The quantitative estimate of drug-likeness (QED) is 0.694. The topological polar surface area (TPSA) is 79.4 Å². The Bertz CT molecular complexity index is 1000. The molecule has 0 atom stereocenters. The minimum atomic E-state index is -0.277. The normalized spacial score (nSPS) is 13.8. The monoisotopic (exact) mass is 389 g/mol. The molecule has 0 radical (unpaired) electrons. The Balaban J connectivity index is 1.52. The van der Waals surface area contributed by atoms with Crippen LogP contribution >= 0.6 is 0 Å². The summed E-state index contributed by atoms with van der Waals surface area (Å²) in [4.78, 5) is 23.4. The summed E-state index contributed by atoms with van der Waals surface area (Å²) in [5, 5.41) is 6.23. The molecule has 0 saturated carbocycles. The largest absolute Gasteiger partial charge is 0.378 e. The maximum absolute atomic E-state index is 12.8. The van der Waals surface area contributed by atoms with E-state index in [1.807, 2.05) is 55.5 Å². The molecule has 148 valence electrons. The molecule has 7 heteroatoms. The molecule has 0 unspecified atom stereocenters. The molecular weight excluding hydrogens is 366 g/mol. The summed E-state index contributed by atoms with van der Waals surface area (Å²) in [5.41, 5.74) is 4.07. The summed E-state index contributed by atoms with van der Waals surface area (Å²) >= 11 is 0. The van der Waals surface area contributed by atoms with Crippen LogP contribution in [-0.4, -0.2) is 42.2 Å². The third-order valence-corrected chi connectivity index (χ3v) is 4.81. The van der Waals surface area contributed by atoms with Crippen LogP contribution < -0.4 is 15.5 Å². The Morgan fingerprint density at radius 3 is 2.52 bits per heavy atom. The number of amides is 1. The first-order chi connectivity index (χ1) is 14.2. The second-order valence-electron chi connectivity index (χ2n) is 6.80. The molecule has 1 aromatic heterocycles. The first-order valence-corrected chi connectivity index (χ1v) is 9.58. The number of rotatable bonds is 5. The number of ether oxygens (including phenoxy) is 1. The lowest BCUT2D eigenvalue weighted by Crippen LogP contribution is -2.36. The van der Waals surface area contributed by atoms with Crippen LogP contribution in [0.2, 0.25) is 0 Å². The van der Waals surface area contributed by atoms with Gasteiger partial charge in [-0.15, -0.1) is 0 Å². The SMILES string of the molecule is Cc1ccccc1Nc1cc(C(=O)Nc2ccccc2N2CCOCC2)ncn1. The average molecular weight is 389 g/mol. The van der Waals surface area contributed by atoms with Gasteiger partial charge in [0, 0.05) is 24.8 Å². The van der Waals surface area contributed by atoms with Gasteiger partial charge in [0.2, 0.25) is 0 Å². The maximum Gasteiger partial charge on any atom is 0.274 e. The van der Waals surface area contributed by atoms with Gasteiger partial charge in [0.1, 0.15) is 17.8 Å². The molecule has 7 nitrogen and oxygen atoms in total. The van der Waals surface area contributed by atoms with E-state index in [1.54, 1.807) is 6.07 Å². The van der Waals surface area contributed by atoms with E-state index in [9.17, 15) is 4.79 Å². The highest BCUT2D eigenvalue weighted by Gasteiger charge is 2.17. The molecule has 1 saturated heterocycles. The summed E-state index contributed by atoms with van der Waals surface area (Å²) in [7, 11) is 0. The molecule has 1 aliphatic rings. The number of hydrogen-bond donors (Lipinski definition) is 2. The fourth-order valence-corrected chi connectivity index (χ4v) is 3.25. The maximum atomic E-state index is 12.8. The fourth-order valence-electron chi connectivity index (χ4n) is 3.25. The van der Waals surface area contributed by atoms with Crippen LogP contribution in [0.5, 0.6) is 0 Å². The van der Waals surface area contributed by atoms with Gasteiger partial charge in [-0.2, -0.15) is 0 Å². The third kappa shape index (κ3) is 4.52. The predicted molar refractivity (Wildman–Crippen MR) is 114 cm³/mol. The minimum absolute atomic E-state index is 0.277. The smallest absolute Gasteiger partial charge is 0.274 e. The Labute approximate surface area is 169 Å². The van der Waals surface area contributed by atoms with E-state index in [1.165, 1.54) is 6.33 Å². The van der Waals surface area contributed by atoms with Crippen LogP contribution in [0.3, 0.4) is 0 Å². The summed E-state index contributed by atoms with van der Waals surface area (Å²) in [6, 6.07) is 17.3. The number of carbonyl (C=O) groups excluding carboxylic acids is 1. The lowest BCUT2D eigenvalue weighted by Gasteiger charge is -2.30. The van der Waals surface area contributed by atoms with Crippen molar-refractivity contribution in [3.8, 4) is 0 Å². The molecule has 0 spiro atoms. The van der Waals surface area contributed by atoms with Gasteiger partial charge in [-0.1, -0.05) is 30.3 Å². The Morgan fingerprint density at radius 1 is 1.00 bits per heavy atom. The summed E-state index contributed by atoms with van der Waals surface area (Å²) in [6.45, 7) is 4.97. The molecular formula is C22H23N5O2. The van der Waals surface area contributed by atoms with Crippen molar-refractivity contribution in [3.63, 3.8) is 0 Å². The van der Waals surface area contributed by atoms with Crippen molar-refractivity contribution >= 4 is 28.8 Å². The van der Waals surface area contributed by atoms with Gasteiger partial charge in [-0.25, -0.2) is 9.97 Å². The second kappa shape index (κ2) is 8.70. The summed E-state index contributed by atoms with van der Waals surface area (Å²) < 4.78 is 5.43. The van der Waals surface area contributed by atoms with E-state index >= 15 is 0 Å². The number of carbonyl (C=O) groups is 1. The van der Waals surface area contributed by atoms with Crippen LogP contribution in [0.15, 0.2) is 60.9 Å². The number of anilines is 4. The number of benzene rings is 2. The fraction of sp³-hybridized carbons (Fsp3) is 0.227. The number of aromatic nitrogens is 2. The van der Waals surface area contributed by atoms with E-state index in [2.05, 4.69) is 25.5 Å². The average Bonchev–Trinajstić information content (AvgIpc) is 2.76. The van der Waals surface area contributed by atoms with E-state index < -0.39 is 0 Å². The summed E-state index contributed by atoms with van der Waals surface area (Å²) in [5.74, 6) is 0.293. The molecule has 2 aromatic carbocycles. The van der Waals surface area contributed by atoms with Crippen molar-refractivity contribution in [1.82, 2.24) is 9.97 Å². The molecule has 1 fully saturated rings. The zero-order valence-electron chi connectivity index (χ0n) is 16.3. The van der Waals surface area contributed by atoms with Crippen molar-refractivity contribution in [1.29, 1.82) is 0 Å². The van der Waals surface area contributed by atoms with Crippen molar-refractivity contribution in [3.05, 3.63) is 72.2 Å². The van der Waals surface area contributed by atoms with Crippen molar-refractivity contribution < 1.29 is 9.53 Å². The van der Waals surface area contributed by atoms with E-state index in [0.717, 1.165) is 35.7 Å². The van der Waals surface area contributed by atoms with E-state index in [0.29, 0.717) is 24.7 Å². The molecule has 0 aliphatic carbocycles. The lowest BCUT2D eigenvalue weighted by atomic mass is 10.2. The number of hydrogen-bond acceptors (Lipinski definition) is 6. The van der Waals surface area contributed by atoms with Gasteiger partial charge in [-0.3, -0.25) is 4.79 Å². The Morgan fingerprint density at radius 2 is 1.72 bits per heavy atom. The van der Waals surface area contributed by atoms with E-state index in [4.69, 9.17) is 4.74 Å². The van der Waals surface area contributed by atoms with Crippen LogP contribution in [0, 0.1) is 6.92 Å². The first-order valence-electron chi connectivity index (χ1n) is 9.58. The van der Waals surface area contributed by atoms with Crippen LogP contribution in [0.4, 0.5) is 22.9 Å². The van der Waals surface area contributed by atoms with Crippen molar-refractivity contribution in [2.45, 2.75) is 6.92 Å². The van der Waals surface area contributed by atoms with Gasteiger partial charge in [-0.05, 0) is 30.7 Å². The molecule has 1 amide bonds. The zero-order chi connectivity index (χ0) is 20.1. The van der Waals surface area contributed by atoms with Gasteiger partial charge in [0.05, 0.1) is 24.6 Å². The number of nitrogens with one attached hydrogen (secondary N) is 2. The number of aryl methyl sites for hydroxylation is 1. The van der Waals surface area contributed by atoms with Gasteiger partial charge >= 0.3 is 0 Å². The Hall–Kier alpha value is -3.45. The highest BCUT2D eigenvalue weighted by molar-refractivity contribution is 6.05. The number of nitrogens with zero attached hydrogens (tertiary/aromatic N) is 3. The van der Waals surface area contributed by atoms with Crippen molar-refractivity contribution in [2.75, 3.05) is 41.8 Å². The predicted octanol–water partition coefficient (Wildman–Crippen LogP) is 3.62. The Kier molecular flexibility index (Phi) is 5.67. The third-order valence-electron chi connectivity index (χ3n) is 4.81. The van der Waals surface area contributed by atoms with E-state index in [-0.39, 0.29) is 5.91 Å². The van der Waals surface area contributed by atoms with Gasteiger partial charge < -0.3 is 20.3 Å². The lowest BCUT2D eigenvalue weighted by molar-refractivity contribution is 0.102. The first kappa shape index (κ1) is 18.9. The summed E-state index contributed by atoms with van der Waals surface area (Å²) in [6.07, 6.45) is 1.39. The second-order valence-corrected chi connectivity index (χ2v) is 6.80. The minimum Gasteiger partial charge on any atom is -0.378 e. The standard InChI is InChI=1S/C22H23N5O2/c1-16-6-2-3-7-17(16)25-21-14-19(23-15-24-21)22(28)26-18-8-4-5-9-20(18)27-10-12-29-13-11-27/h2-9,14-15H,10-13H2,1H3,(H,26,28)(H,23,24,25). The highest BCUT2D eigenvalue weighted by atomic mass is 16.5. The molecule has 3 aromatic rings. The molecule has 1 aliphatic heterocycles. The van der Waals surface area contributed by atoms with Crippen LogP contribution in [-0.2, 0) is 4.74 Å². The molecule has 29 heavy (non-hydrogen) atoms. The van der Waals surface area contributed by atoms with Gasteiger partial charge in [0.25, 0.3) is 5.91 Å². The number of para-hydroxylation sites is 3. The molecule has 2 N–H and O–H groups in total. The van der Waals surface area contributed by atoms with Gasteiger partial charge in [0.15, 0.2) is 0 Å². The molecule has 2 heterocycles. The number of morpholine rings is 1. The van der Waals surface area contributed by atoms with Crippen LogP contribution in [0.25, 0.3) is 0 Å². The molecule has 4 rings (SSSR count).